The number of hydrogen-bond acceptors (Lipinski definition) is 2. The highest BCUT2D eigenvalue weighted by Gasteiger charge is 2.19. The number of aryl methyl sites for hydroxylation is 1. The molecule has 5 rings (SSSR count). The lowest BCUT2D eigenvalue weighted by Crippen LogP contribution is -2.39. The summed E-state index contributed by atoms with van der Waals surface area (Å²) in [5.41, 5.74) is 4.16. The van der Waals surface area contributed by atoms with E-state index in [1.54, 1.807) is 0 Å². The van der Waals surface area contributed by atoms with Crippen molar-refractivity contribution in [3.63, 3.8) is 0 Å². The highest BCUT2D eigenvalue weighted by molar-refractivity contribution is 7.22. The van der Waals surface area contributed by atoms with Crippen LogP contribution in [0.5, 0.6) is 0 Å². The molecule has 0 spiro atoms. The van der Waals surface area contributed by atoms with Crippen LogP contribution in [0.1, 0.15) is 17.0 Å². The number of nitrogens with one attached hydrogen (secondary N) is 1. The van der Waals surface area contributed by atoms with Gasteiger partial charge in [0, 0.05) is 28.6 Å². The Bertz CT molecular complexity index is 1060. The minimum atomic E-state index is 0.694. The largest absolute Gasteiger partial charge is 0.315 e. The van der Waals surface area contributed by atoms with Gasteiger partial charge in [0.05, 0.1) is 0 Å². The van der Waals surface area contributed by atoms with E-state index >= 15 is 0 Å². The van der Waals surface area contributed by atoms with E-state index in [0.717, 1.165) is 13.1 Å². The summed E-state index contributed by atoms with van der Waals surface area (Å²) in [4.78, 5) is 1.37. The molecule has 0 bridgehead atoms. The fraction of sp³-hybridized carbons (Fsp3) is 0.182. The molecule has 1 N–H and O–H groups in total. The van der Waals surface area contributed by atoms with Crippen LogP contribution in [0.4, 0.5) is 0 Å². The van der Waals surface area contributed by atoms with E-state index in [0.29, 0.717) is 5.92 Å². The Morgan fingerprint density at radius 2 is 1.79 bits per heavy atom. The van der Waals surface area contributed by atoms with Gasteiger partial charge >= 0.3 is 0 Å². The van der Waals surface area contributed by atoms with Crippen molar-refractivity contribution in [2.45, 2.75) is 12.8 Å². The summed E-state index contributed by atoms with van der Waals surface area (Å²) in [6.07, 6.45) is 0. The van der Waals surface area contributed by atoms with Gasteiger partial charge in [-0.3, -0.25) is 0 Å². The highest BCUT2D eigenvalue weighted by atomic mass is 32.1. The normalized spacial score (nSPS) is 15.0. The molecule has 1 aliphatic heterocycles. The lowest BCUT2D eigenvalue weighted by Gasteiger charge is -2.27. The topological polar surface area (TPSA) is 12.0 Å². The third-order valence-electron chi connectivity index (χ3n) is 5.07. The van der Waals surface area contributed by atoms with Crippen LogP contribution in [0, 0.1) is 6.92 Å². The van der Waals surface area contributed by atoms with E-state index in [1.165, 1.54) is 42.4 Å². The predicted octanol–water partition coefficient (Wildman–Crippen LogP) is 5.72. The maximum Gasteiger partial charge on any atom is 0.0361 e. The van der Waals surface area contributed by atoms with Crippen molar-refractivity contribution >= 4 is 32.2 Å². The van der Waals surface area contributed by atoms with Crippen molar-refractivity contribution < 1.29 is 0 Å². The smallest absolute Gasteiger partial charge is 0.0361 e. The van der Waals surface area contributed by atoms with Gasteiger partial charge in [-0.15, -0.1) is 11.3 Å². The molecule has 2 heteroatoms. The Kier molecular flexibility index (Phi) is 3.22. The van der Waals surface area contributed by atoms with Crippen LogP contribution < -0.4 is 5.32 Å². The molecule has 2 heterocycles. The first-order chi connectivity index (χ1) is 11.8. The molecule has 0 aliphatic carbocycles. The van der Waals surface area contributed by atoms with E-state index in [2.05, 4.69) is 72.9 Å². The maximum absolute atomic E-state index is 3.37. The number of rotatable bonds is 2. The molecule has 0 atom stereocenters. The fourth-order valence-electron chi connectivity index (χ4n) is 3.62. The van der Waals surface area contributed by atoms with Gasteiger partial charge in [0.25, 0.3) is 0 Å². The minimum absolute atomic E-state index is 0.694. The van der Waals surface area contributed by atoms with Crippen molar-refractivity contribution in [2.75, 3.05) is 13.1 Å². The Hall–Kier alpha value is -2.16. The third kappa shape index (κ3) is 2.26. The summed E-state index contributed by atoms with van der Waals surface area (Å²) in [5.74, 6) is 0.694. The number of hydrogen-bond donors (Lipinski definition) is 1. The van der Waals surface area contributed by atoms with E-state index in [1.807, 2.05) is 11.3 Å². The second-order valence-corrected chi connectivity index (χ2v) is 7.88. The van der Waals surface area contributed by atoms with E-state index in [-0.39, 0.29) is 0 Å². The molecular weight excluding hydrogens is 310 g/mol. The first-order valence-corrected chi connectivity index (χ1v) is 9.33. The molecular formula is C22H19NS. The molecule has 1 fully saturated rings. The summed E-state index contributed by atoms with van der Waals surface area (Å²) < 4.78 is 1.40. The van der Waals surface area contributed by atoms with Gasteiger partial charge in [0.2, 0.25) is 0 Å². The quantitative estimate of drug-likeness (QED) is 0.496. The second-order valence-electron chi connectivity index (χ2n) is 6.80. The van der Waals surface area contributed by atoms with Crippen molar-refractivity contribution in [2.24, 2.45) is 0 Å². The van der Waals surface area contributed by atoms with Crippen LogP contribution in [0.25, 0.3) is 31.3 Å². The Morgan fingerprint density at radius 3 is 2.62 bits per heavy atom. The standard InChI is InChI=1S/C22H19NS/c1-14-8-16-4-2-3-5-19(16)20(9-14)22-11-17-7-6-15(10-21(17)24-22)18-12-23-13-18/h2-11,18,23H,12-13H2,1H3. The minimum Gasteiger partial charge on any atom is -0.315 e. The summed E-state index contributed by atoms with van der Waals surface area (Å²) in [7, 11) is 0. The zero-order valence-electron chi connectivity index (χ0n) is 13.7. The van der Waals surface area contributed by atoms with Gasteiger partial charge in [-0.2, -0.15) is 0 Å². The Morgan fingerprint density at radius 1 is 0.917 bits per heavy atom. The molecule has 118 valence electrons. The van der Waals surface area contributed by atoms with E-state index < -0.39 is 0 Å². The first-order valence-electron chi connectivity index (χ1n) is 8.52. The molecule has 1 nitrogen and oxygen atoms in total. The summed E-state index contributed by atoms with van der Waals surface area (Å²) in [5, 5.41) is 7.40. The lowest BCUT2D eigenvalue weighted by molar-refractivity contribution is 0.449. The monoisotopic (exact) mass is 329 g/mol. The third-order valence-corrected chi connectivity index (χ3v) is 6.20. The Balaban J connectivity index is 1.69. The van der Waals surface area contributed by atoms with Crippen LogP contribution in [-0.2, 0) is 0 Å². The average molecular weight is 329 g/mol. The maximum atomic E-state index is 3.37. The second kappa shape index (κ2) is 5.44. The summed E-state index contributed by atoms with van der Waals surface area (Å²) in [6, 6.07) is 22.6. The zero-order valence-corrected chi connectivity index (χ0v) is 14.5. The van der Waals surface area contributed by atoms with Crippen LogP contribution in [-0.4, -0.2) is 13.1 Å². The zero-order chi connectivity index (χ0) is 16.1. The first kappa shape index (κ1) is 14.2. The van der Waals surface area contributed by atoms with Crippen molar-refractivity contribution in [1.82, 2.24) is 5.32 Å². The van der Waals surface area contributed by atoms with Gasteiger partial charge in [-0.25, -0.2) is 0 Å². The van der Waals surface area contributed by atoms with Crippen molar-refractivity contribution in [3.8, 4) is 10.4 Å². The molecule has 1 aliphatic rings. The van der Waals surface area contributed by atoms with Crippen LogP contribution >= 0.6 is 11.3 Å². The fourth-order valence-corrected chi connectivity index (χ4v) is 4.76. The SMILES string of the molecule is Cc1cc(-c2cc3ccc(C4CNC4)cc3s2)c2ccccc2c1. The van der Waals surface area contributed by atoms with E-state index in [4.69, 9.17) is 0 Å². The summed E-state index contributed by atoms with van der Waals surface area (Å²) >= 11 is 1.92. The van der Waals surface area contributed by atoms with Crippen LogP contribution in [0.3, 0.4) is 0 Å². The molecule has 1 aromatic heterocycles. The van der Waals surface area contributed by atoms with Crippen LogP contribution in [0.2, 0.25) is 0 Å². The van der Waals surface area contributed by atoms with Crippen LogP contribution in [0.15, 0.2) is 60.7 Å². The number of benzene rings is 3. The van der Waals surface area contributed by atoms with Crippen molar-refractivity contribution in [1.29, 1.82) is 0 Å². The van der Waals surface area contributed by atoms with Gasteiger partial charge in [0.15, 0.2) is 0 Å². The van der Waals surface area contributed by atoms with Gasteiger partial charge in [0.1, 0.15) is 0 Å². The number of thiophene rings is 1. The molecule has 0 amide bonds. The molecule has 0 radical (unpaired) electrons. The molecule has 0 saturated carbocycles. The Labute approximate surface area is 145 Å². The molecule has 1 saturated heterocycles. The van der Waals surface area contributed by atoms with Crippen molar-refractivity contribution in [3.05, 3.63) is 71.8 Å². The van der Waals surface area contributed by atoms with E-state index in [9.17, 15) is 0 Å². The average Bonchev–Trinajstić information content (AvgIpc) is 2.95. The molecule has 3 aromatic carbocycles. The number of fused-ring (bicyclic) bond motifs is 2. The molecule has 0 unspecified atom stereocenters. The predicted molar refractivity (Wildman–Crippen MR) is 105 cm³/mol. The highest BCUT2D eigenvalue weighted by Crippen LogP contribution is 2.39. The van der Waals surface area contributed by atoms with Gasteiger partial charge < -0.3 is 5.32 Å². The summed E-state index contributed by atoms with van der Waals surface area (Å²) in [6.45, 7) is 4.42. The molecule has 24 heavy (non-hydrogen) atoms. The van der Waals surface area contributed by atoms with Gasteiger partial charge in [-0.05, 0) is 58.0 Å². The van der Waals surface area contributed by atoms with Gasteiger partial charge in [-0.1, -0.05) is 42.5 Å². The molecule has 4 aromatic rings. The lowest BCUT2D eigenvalue weighted by atomic mass is 9.93.